The molecule has 0 aromatic heterocycles. The normalized spacial score (nSPS) is 23.5. The van der Waals surface area contributed by atoms with Crippen LogP contribution in [0.5, 0.6) is 0 Å². The fourth-order valence-electron chi connectivity index (χ4n) is 4.75. The van der Waals surface area contributed by atoms with Crippen LogP contribution in [0, 0.1) is 0 Å². The Kier molecular flexibility index (Phi) is 6.55. The number of carbonyl (C=O) groups excluding carboxylic acids is 3. The average molecular weight is 435 g/mol. The van der Waals surface area contributed by atoms with Crippen LogP contribution >= 0.6 is 0 Å². The van der Waals surface area contributed by atoms with Gasteiger partial charge in [-0.15, -0.1) is 0 Å². The Morgan fingerprint density at radius 1 is 0.938 bits per heavy atom. The number of nitrogens with zero attached hydrogens (tertiary/aromatic N) is 1. The van der Waals surface area contributed by atoms with Crippen molar-refractivity contribution in [3.8, 4) is 0 Å². The molecule has 2 aliphatic heterocycles. The van der Waals surface area contributed by atoms with E-state index in [9.17, 15) is 14.4 Å². The van der Waals surface area contributed by atoms with Crippen LogP contribution in [0.15, 0.2) is 60.7 Å². The number of hydrogen-bond donors (Lipinski definition) is 3. The molecule has 3 amide bonds. The van der Waals surface area contributed by atoms with Crippen molar-refractivity contribution < 1.29 is 14.4 Å². The molecule has 2 aliphatic rings. The largest absolute Gasteiger partial charge is 0.343 e. The predicted octanol–water partition coefficient (Wildman–Crippen LogP) is 1.88. The highest BCUT2D eigenvalue weighted by atomic mass is 16.2. The molecule has 32 heavy (non-hydrogen) atoms. The molecule has 0 spiro atoms. The summed E-state index contributed by atoms with van der Waals surface area (Å²) in [7, 11) is 0. The number of amides is 3. The summed E-state index contributed by atoms with van der Waals surface area (Å²) in [4.78, 5) is 40.4. The lowest BCUT2D eigenvalue weighted by Gasteiger charge is -2.38. The third-order valence-electron chi connectivity index (χ3n) is 6.43. The standard InChI is InChI=1S/C25H30N4O3/c1-16(26)23(30)27-20-14-12-19-13-15-21(29(19)25(20)32)24(31)28-22(17-8-4-2-5-9-17)18-10-6-3-7-11-18/h2-11,16,19-22H,12-15,26H2,1H3,(H,27,30)(H,28,31)/t16-,19+,20-,21-/m0/s1. The van der Waals surface area contributed by atoms with Gasteiger partial charge in [-0.2, -0.15) is 0 Å². The number of fused-ring (bicyclic) bond motifs is 1. The van der Waals surface area contributed by atoms with E-state index in [1.807, 2.05) is 60.7 Å². The van der Waals surface area contributed by atoms with Crippen molar-refractivity contribution >= 4 is 17.7 Å². The molecule has 2 aromatic carbocycles. The second-order valence-corrected chi connectivity index (χ2v) is 8.68. The molecule has 0 saturated carbocycles. The molecule has 0 unspecified atom stereocenters. The van der Waals surface area contributed by atoms with Crippen LogP contribution in [-0.2, 0) is 14.4 Å². The van der Waals surface area contributed by atoms with Crippen molar-refractivity contribution in [2.75, 3.05) is 0 Å². The first-order valence-electron chi connectivity index (χ1n) is 11.2. The van der Waals surface area contributed by atoms with Gasteiger partial charge in [0.05, 0.1) is 12.1 Å². The number of hydrogen-bond acceptors (Lipinski definition) is 4. The fourth-order valence-corrected chi connectivity index (χ4v) is 4.75. The maximum absolute atomic E-state index is 13.4. The minimum Gasteiger partial charge on any atom is -0.343 e. The fraction of sp³-hybridized carbons (Fsp3) is 0.400. The molecule has 168 valence electrons. The van der Waals surface area contributed by atoms with Crippen molar-refractivity contribution in [3.63, 3.8) is 0 Å². The molecule has 4 rings (SSSR count). The smallest absolute Gasteiger partial charge is 0.246 e. The van der Waals surface area contributed by atoms with Crippen LogP contribution < -0.4 is 16.4 Å². The van der Waals surface area contributed by atoms with E-state index in [0.717, 1.165) is 24.0 Å². The summed E-state index contributed by atoms with van der Waals surface area (Å²) in [5.41, 5.74) is 7.61. The van der Waals surface area contributed by atoms with Gasteiger partial charge < -0.3 is 21.3 Å². The minimum atomic E-state index is -0.685. The zero-order valence-corrected chi connectivity index (χ0v) is 18.2. The summed E-state index contributed by atoms with van der Waals surface area (Å²) in [5.74, 6) is -0.711. The molecule has 4 N–H and O–H groups in total. The Morgan fingerprint density at radius 2 is 1.50 bits per heavy atom. The Hall–Kier alpha value is -3.19. The van der Waals surface area contributed by atoms with E-state index in [0.29, 0.717) is 12.8 Å². The van der Waals surface area contributed by atoms with Crippen molar-refractivity contribution in [1.29, 1.82) is 0 Å². The third-order valence-corrected chi connectivity index (χ3v) is 6.43. The molecule has 0 radical (unpaired) electrons. The highest BCUT2D eigenvalue weighted by molar-refractivity contribution is 5.94. The van der Waals surface area contributed by atoms with E-state index in [1.54, 1.807) is 11.8 Å². The second-order valence-electron chi connectivity index (χ2n) is 8.68. The quantitative estimate of drug-likeness (QED) is 0.646. The summed E-state index contributed by atoms with van der Waals surface area (Å²) in [6, 6.07) is 17.5. The molecule has 2 aromatic rings. The van der Waals surface area contributed by atoms with Gasteiger partial charge in [0.25, 0.3) is 0 Å². The Bertz CT molecular complexity index is 924. The van der Waals surface area contributed by atoms with Crippen molar-refractivity contribution in [2.24, 2.45) is 5.73 Å². The molecule has 2 fully saturated rings. The van der Waals surface area contributed by atoms with E-state index in [-0.39, 0.29) is 29.8 Å². The molecule has 0 aliphatic carbocycles. The van der Waals surface area contributed by atoms with E-state index in [2.05, 4.69) is 10.6 Å². The summed E-state index contributed by atoms with van der Waals surface area (Å²) in [6.45, 7) is 1.59. The zero-order chi connectivity index (χ0) is 22.7. The van der Waals surface area contributed by atoms with Gasteiger partial charge in [0.2, 0.25) is 17.7 Å². The molecular formula is C25H30N4O3. The SMILES string of the molecule is C[C@H](N)C(=O)N[C@H]1CC[C@@H]2CC[C@@H](C(=O)NC(c3ccccc3)c3ccccc3)N2C1=O. The van der Waals surface area contributed by atoms with E-state index in [4.69, 9.17) is 5.73 Å². The van der Waals surface area contributed by atoms with E-state index in [1.165, 1.54) is 0 Å². The number of piperidine rings is 1. The van der Waals surface area contributed by atoms with Gasteiger partial charge >= 0.3 is 0 Å². The number of rotatable bonds is 6. The van der Waals surface area contributed by atoms with Gasteiger partial charge in [0.15, 0.2) is 0 Å². The first-order chi connectivity index (χ1) is 15.5. The molecule has 7 nitrogen and oxygen atoms in total. The van der Waals surface area contributed by atoms with Crippen molar-refractivity contribution in [3.05, 3.63) is 71.8 Å². The molecule has 2 saturated heterocycles. The molecule has 7 heteroatoms. The first-order valence-corrected chi connectivity index (χ1v) is 11.2. The Morgan fingerprint density at radius 3 is 2.06 bits per heavy atom. The highest BCUT2D eigenvalue weighted by Gasteiger charge is 2.46. The van der Waals surface area contributed by atoms with Crippen LogP contribution in [0.4, 0.5) is 0 Å². The average Bonchev–Trinajstić information content (AvgIpc) is 3.25. The number of carbonyl (C=O) groups is 3. The number of nitrogens with two attached hydrogens (primary N) is 1. The molecule has 2 heterocycles. The van der Waals surface area contributed by atoms with Crippen molar-refractivity contribution in [1.82, 2.24) is 15.5 Å². The Labute approximate surface area is 188 Å². The third kappa shape index (κ3) is 4.53. The van der Waals surface area contributed by atoms with Gasteiger partial charge in [0, 0.05) is 6.04 Å². The monoisotopic (exact) mass is 434 g/mol. The Balaban J connectivity index is 1.53. The summed E-state index contributed by atoms with van der Waals surface area (Å²) < 4.78 is 0. The maximum Gasteiger partial charge on any atom is 0.246 e. The molecular weight excluding hydrogens is 404 g/mol. The summed E-state index contributed by atoms with van der Waals surface area (Å²) in [6.07, 6.45) is 2.75. The minimum absolute atomic E-state index is 0.0357. The predicted molar refractivity (Wildman–Crippen MR) is 121 cm³/mol. The van der Waals surface area contributed by atoms with Gasteiger partial charge in [-0.25, -0.2) is 0 Å². The molecule has 0 bridgehead atoms. The topological polar surface area (TPSA) is 105 Å². The van der Waals surface area contributed by atoms with Crippen LogP contribution in [0.1, 0.15) is 49.8 Å². The van der Waals surface area contributed by atoms with E-state index >= 15 is 0 Å². The van der Waals surface area contributed by atoms with Crippen molar-refractivity contribution in [2.45, 2.75) is 62.8 Å². The highest BCUT2D eigenvalue weighted by Crippen LogP contribution is 2.33. The maximum atomic E-state index is 13.4. The molecule has 4 atom stereocenters. The lowest BCUT2D eigenvalue weighted by molar-refractivity contribution is -0.146. The zero-order valence-electron chi connectivity index (χ0n) is 18.2. The number of nitrogens with one attached hydrogen (secondary N) is 2. The van der Waals surface area contributed by atoms with Gasteiger partial charge in [-0.3, -0.25) is 14.4 Å². The number of benzene rings is 2. The first kappa shape index (κ1) is 22.0. The van der Waals surface area contributed by atoms with Gasteiger partial charge in [-0.1, -0.05) is 60.7 Å². The van der Waals surface area contributed by atoms with Crippen LogP contribution in [0.3, 0.4) is 0 Å². The second kappa shape index (κ2) is 9.53. The summed E-state index contributed by atoms with van der Waals surface area (Å²) >= 11 is 0. The lowest BCUT2D eigenvalue weighted by Crippen LogP contribution is -2.60. The van der Waals surface area contributed by atoms with Gasteiger partial charge in [-0.05, 0) is 43.7 Å². The van der Waals surface area contributed by atoms with Crippen LogP contribution in [0.2, 0.25) is 0 Å². The van der Waals surface area contributed by atoms with Gasteiger partial charge in [0.1, 0.15) is 12.1 Å². The summed E-state index contributed by atoms with van der Waals surface area (Å²) in [5, 5.41) is 5.92. The van der Waals surface area contributed by atoms with Crippen LogP contribution in [-0.4, -0.2) is 46.8 Å². The lowest BCUT2D eigenvalue weighted by atomic mass is 9.97. The van der Waals surface area contributed by atoms with E-state index < -0.39 is 18.1 Å². The van der Waals surface area contributed by atoms with Crippen LogP contribution in [0.25, 0.3) is 0 Å².